The fraction of sp³-hybridized carbons (Fsp3) is 0.784. The Balaban J connectivity index is 1.77. The zero-order valence-corrected chi connectivity index (χ0v) is 30.4. The van der Waals surface area contributed by atoms with Gasteiger partial charge in [0.25, 0.3) is 5.91 Å². The van der Waals surface area contributed by atoms with Crippen molar-refractivity contribution < 1.29 is 33.5 Å². The maximum Gasteiger partial charge on any atom is 0.332 e. The van der Waals surface area contributed by atoms with E-state index in [1.807, 2.05) is 34.6 Å². The van der Waals surface area contributed by atoms with Crippen molar-refractivity contribution in [2.75, 3.05) is 13.2 Å². The Morgan fingerprint density at radius 1 is 0.959 bits per heavy atom. The molecule has 0 spiro atoms. The second kappa shape index (κ2) is 18.0. The highest BCUT2D eigenvalue weighted by atomic mass is 16.5. The number of rotatable bonds is 18. The molecule has 2 aliphatic carbocycles. The van der Waals surface area contributed by atoms with E-state index in [0.29, 0.717) is 25.7 Å². The lowest BCUT2D eigenvalue weighted by molar-refractivity contribution is -0.151. The number of hydrogen-bond acceptors (Lipinski definition) is 7. The van der Waals surface area contributed by atoms with E-state index in [4.69, 9.17) is 10.5 Å². The number of nitrogens with zero attached hydrogens (tertiary/aromatic N) is 1. The number of primary amides is 1. The molecule has 1 unspecified atom stereocenters. The summed E-state index contributed by atoms with van der Waals surface area (Å²) in [5.41, 5.74) is 3.40. The fourth-order valence-electron chi connectivity index (χ4n) is 7.34. The number of carbonyl (C=O) groups is 6. The molecule has 5 N–H and O–H groups in total. The number of nitrogens with one attached hydrogen (secondary N) is 3. The molecule has 0 aromatic carbocycles. The fourth-order valence-corrected chi connectivity index (χ4v) is 7.34. The monoisotopic (exact) mass is 687 g/mol. The van der Waals surface area contributed by atoms with E-state index in [0.717, 1.165) is 44.4 Å². The number of Topliss-reactive ketones (excluding diaryl/α,β-unsaturated/α-hetero) is 1. The Morgan fingerprint density at radius 3 is 2.18 bits per heavy atom. The summed E-state index contributed by atoms with van der Waals surface area (Å²) in [4.78, 5) is 81.3. The van der Waals surface area contributed by atoms with Crippen molar-refractivity contribution in [3.8, 4) is 0 Å². The molecule has 3 fully saturated rings. The van der Waals surface area contributed by atoms with Crippen molar-refractivity contribution in [1.29, 1.82) is 0 Å². The number of esters is 1. The van der Waals surface area contributed by atoms with Gasteiger partial charge in [-0.05, 0) is 48.9 Å². The topological polar surface area (TPSA) is 177 Å². The zero-order valence-electron chi connectivity index (χ0n) is 30.4. The first-order valence-corrected chi connectivity index (χ1v) is 18.4. The van der Waals surface area contributed by atoms with Gasteiger partial charge in [0, 0.05) is 6.54 Å². The predicted octanol–water partition coefficient (Wildman–Crippen LogP) is 4.30. The van der Waals surface area contributed by atoms with E-state index < -0.39 is 64.6 Å². The van der Waals surface area contributed by atoms with Crippen LogP contribution in [0.3, 0.4) is 0 Å². The minimum Gasteiger partial charge on any atom is -0.460 e. The van der Waals surface area contributed by atoms with Crippen molar-refractivity contribution in [2.24, 2.45) is 28.9 Å². The highest BCUT2D eigenvalue weighted by molar-refractivity contribution is 6.37. The zero-order chi connectivity index (χ0) is 36.4. The average Bonchev–Trinajstić information content (AvgIpc) is 3.76. The first-order chi connectivity index (χ1) is 23.1. The normalized spacial score (nSPS) is 21.7. The molecule has 4 atom stereocenters. The molecule has 0 aromatic rings. The van der Waals surface area contributed by atoms with Gasteiger partial charge in [-0.25, -0.2) is 9.59 Å². The van der Waals surface area contributed by atoms with Gasteiger partial charge in [0.15, 0.2) is 0 Å². The van der Waals surface area contributed by atoms with Crippen LogP contribution in [-0.4, -0.2) is 77.2 Å². The third-order valence-electron chi connectivity index (χ3n) is 10.5. The van der Waals surface area contributed by atoms with Crippen LogP contribution in [0.4, 0.5) is 4.79 Å². The number of nitrogens with two attached hydrogens (primary N) is 1. The van der Waals surface area contributed by atoms with Crippen LogP contribution in [0.5, 0.6) is 0 Å². The Kier molecular flexibility index (Phi) is 14.7. The maximum absolute atomic E-state index is 14.4. The van der Waals surface area contributed by atoms with Crippen molar-refractivity contribution in [3.05, 3.63) is 12.7 Å². The van der Waals surface area contributed by atoms with Crippen molar-refractivity contribution >= 4 is 35.5 Å². The first kappa shape index (κ1) is 40.0. The second-order valence-electron chi connectivity index (χ2n) is 15.8. The van der Waals surface area contributed by atoms with Gasteiger partial charge in [-0.2, -0.15) is 0 Å². The quantitative estimate of drug-likeness (QED) is 0.0719. The number of ether oxygens (including phenoxy) is 1. The Morgan fingerprint density at radius 2 is 1.61 bits per heavy atom. The molecule has 12 heteroatoms. The lowest BCUT2D eigenvalue weighted by Gasteiger charge is -2.39. The van der Waals surface area contributed by atoms with Gasteiger partial charge in [0.1, 0.15) is 24.2 Å². The molecule has 1 saturated heterocycles. The van der Waals surface area contributed by atoms with E-state index >= 15 is 0 Å². The molecule has 0 aromatic heterocycles. The van der Waals surface area contributed by atoms with Crippen molar-refractivity contribution in [2.45, 2.75) is 148 Å². The highest BCUT2D eigenvalue weighted by Crippen LogP contribution is 2.35. The summed E-state index contributed by atoms with van der Waals surface area (Å²) in [6.07, 6.45) is 13.1. The average molecular weight is 688 g/mol. The van der Waals surface area contributed by atoms with Gasteiger partial charge in [-0.15, -0.1) is 0 Å². The SMILES string of the molecule is C=CCOC(=O)C1(NC(=O)N[C@H](C(=O)N2CC[C@H](C(C)C)[C@H]2C(=O)NC(CCCCCCC2CC2)C(=O)C(N)=O)C(C)(C)C)CCCCC1. The van der Waals surface area contributed by atoms with Gasteiger partial charge >= 0.3 is 12.0 Å². The molecule has 1 aliphatic heterocycles. The molecule has 12 nitrogen and oxygen atoms in total. The van der Waals surface area contributed by atoms with Crippen LogP contribution >= 0.6 is 0 Å². The lowest BCUT2D eigenvalue weighted by atomic mass is 9.81. The molecule has 0 bridgehead atoms. The van der Waals surface area contributed by atoms with Crippen LogP contribution in [0, 0.1) is 23.2 Å². The molecular formula is C37H61N5O7. The second-order valence-corrected chi connectivity index (χ2v) is 15.8. The molecule has 0 radical (unpaired) electrons. The summed E-state index contributed by atoms with van der Waals surface area (Å²) in [7, 11) is 0. The summed E-state index contributed by atoms with van der Waals surface area (Å²) in [5.74, 6) is -2.76. The standard InChI is InChI=1S/C37H61N5O7/c1-7-23-49-34(47)37(20-13-10-14-21-37)41-35(48)40-30(36(4,5)6)33(46)42-22-19-26(24(2)3)28(42)32(45)39-27(29(43)31(38)44)16-12-9-8-11-15-25-17-18-25/h7,24-28,30H,1,8-23H2,2-6H3,(H2,38,44)(H,39,45)(H2,40,41,48)/t26-,27?,28+,30-/m1/s1. The van der Waals surface area contributed by atoms with Crippen LogP contribution in [-0.2, 0) is 28.7 Å². The van der Waals surface area contributed by atoms with Crippen molar-refractivity contribution in [1.82, 2.24) is 20.9 Å². The summed E-state index contributed by atoms with van der Waals surface area (Å²) in [5, 5.41) is 8.48. The van der Waals surface area contributed by atoms with Crippen molar-refractivity contribution in [3.63, 3.8) is 0 Å². The smallest absolute Gasteiger partial charge is 0.332 e. The van der Waals surface area contributed by atoms with Crippen LogP contribution in [0.25, 0.3) is 0 Å². The molecule has 1 heterocycles. The number of ketones is 1. The van der Waals surface area contributed by atoms with Crippen LogP contribution in [0.2, 0.25) is 0 Å². The third-order valence-corrected chi connectivity index (χ3v) is 10.5. The number of likely N-dealkylation sites (tertiary alicyclic amines) is 1. The molecule has 276 valence electrons. The molecule has 3 rings (SSSR count). The Labute approximate surface area is 292 Å². The van der Waals surface area contributed by atoms with E-state index in [-0.39, 0.29) is 31.4 Å². The summed E-state index contributed by atoms with van der Waals surface area (Å²) in [6, 6.07) is -3.70. The number of amides is 5. The van der Waals surface area contributed by atoms with Gasteiger partial charge in [0.05, 0.1) is 6.04 Å². The number of carbonyl (C=O) groups excluding carboxylic acids is 6. The number of hydrogen-bond donors (Lipinski definition) is 4. The first-order valence-electron chi connectivity index (χ1n) is 18.4. The Hall–Kier alpha value is -3.44. The lowest BCUT2D eigenvalue weighted by Crippen LogP contribution is -2.64. The van der Waals surface area contributed by atoms with E-state index in [1.165, 1.54) is 30.2 Å². The molecule has 3 aliphatic rings. The molecule has 5 amide bonds. The summed E-state index contributed by atoms with van der Waals surface area (Å²) in [6.45, 7) is 13.3. The molecule has 49 heavy (non-hydrogen) atoms. The Bertz CT molecular complexity index is 1200. The predicted molar refractivity (Wildman–Crippen MR) is 187 cm³/mol. The van der Waals surface area contributed by atoms with Gasteiger partial charge in [-0.1, -0.05) is 111 Å². The molecular weight excluding hydrogens is 626 g/mol. The summed E-state index contributed by atoms with van der Waals surface area (Å²) >= 11 is 0. The van der Waals surface area contributed by atoms with Crippen LogP contribution < -0.4 is 21.7 Å². The maximum atomic E-state index is 14.4. The third kappa shape index (κ3) is 11.3. The van der Waals surface area contributed by atoms with Crippen LogP contribution in [0.1, 0.15) is 125 Å². The largest absolute Gasteiger partial charge is 0.460 e. The molecule has 2 saturated carbocycles. The van der Waals surface area contributed by atoms with E-state index in [9.17, 15) is 28.8 Å². The number of urea groups is 1. The summed E-state index contributed by atoms with van der Waals surface area (Å²) < 4.78 is 5.35. The van der Waals surface area contributed by atoms with E-state index in [2.05, 4.69) is 22.5 Å². The minimum atomic E-state index is -1.21. The highest BCUT2D eigenvalue weighted by Gasteiger charge is 2.49. The minimum absolute atomic E-state index is 0.0225. The number of unbranched alkanes of at least 4 members (excludes halogenated alkanes) is 3. The van der Waals surface area contributed by atoms with Gasteiger partial charge in [-0.3, -0.25) is 19.2 Å². The van der Waals surface area contributed by atoms with E-state index in [1.54, 1.807) is 0 Å². The van der Waals surface area contributed by atoms with Gasteiger partial charge in [0.2, 0.25) is 17.6 Å². The van der Waals surface area contributed by atoms with Gasteiger partial charge < -0.3 is 31.3 Å². The van der Waals surface area contributed by atoms with Crippen LogP contribution in [0.15, 0.2) is 12.7 Å².